The Labute approximate surface area is 189 Å². The minimum Gasteiger partial charge on any atom is -0.481 e. The van der Waals surface area contributed by atoms with Crippen molar-refractivity contribution >= 4 is 17.0 Å². The molecule has 0 radical (unpaired) electrons. The van der Waals surface area contributed by atoms with Crippen LogP contribution >= 0.6 is 0 Å². The number of carbonyl (C=O) groups is 1. The molecule has 0 amide bonds. The number of fused-ring (bicyclic) bond motifs is 1. The Hall–Kier alpha value is -3.61. The van der Waals surface area contributed by atoms with E-state index in [1.54, 1.807) is 6.20 Å². The zero-order valence-corrected chi connectivity index (χ0v) is 17.9. The van der Waals surface area contributed by atoms with Gasteiger partial charge in [0.15, 0.2) is 11.6 Å². The Kier molecular flexibility index (Phi) is 5.62. The molecule has 0 aliphatic heterocycles. The molecule has 2 heterocycles. The Bertz CT molecular complexity index is 1250. The van der Waals surface area contributed by atoms with E-state index >= 15 is 0 Å². The van der Waals surface area contributed by atoms with Gasteiger partial charge in [-0.1, -0.05) is 24.3 Å². The van der Waals surface area contributed by atoms with Gasteiger partial charge in [0.2, 0.25) is 0 Å². The summed E-state index contributed by atoms with van der Waals surface area (Å²) in [5.41, 5.74) is 4.62. The Balaban J connectivity index is 1.28. The van der Waals surface area contributed by atoms with Crippen LogP contribution in [-0.2, 0) is 4.79 Å². The van der Waals surface area contributed by atoms with Crippen LogP contribution in [-0.4, -0.2) is 26.0 Å². The third kappa shape index (κ3) is 4.49. The van der Waals surface area contributed by atoms with Crippen LogP contribution < -0.4 is 0 Å². The number of nitrogens with one attached hydrogen (secondary N) is 1. The largest absolute Gasteiger partial charge is 0.481 e. The SMILES string of the molecule is O=C(O)CC1CCC(c2ccc(-c3ccc(-c4nc5cc(F)c(F)cc5[nH]4)cn3)cc2)CC1. The lowest BCUT2D eigenvalue weighted by Crippen LogP contribution is -2.16. The number of hydrogen-bond donors (Lipinski definition) is 2. The van der Waals surface area contributed by atoms with Crippen LogP contribution in [0.15, 0.2) is 54.7 Å². The molecule has 168 valence electrons. The van der Waals surface area contributed by atoms with E-state index in [1.165, 1.54) is 5.56 Å². The van der Waals surface area contributed by atoms with Crippen molar-refractivity contribution in [1.82, 2.24) is 15.0 Å². The van der Waals surface area contributed by atoms with Gasteiger partial charge >= 0.3 is 5.97 Å². The molecule has 5 nitrogen and oxygen atoms in total. The molecule has 1 aliphatic carbocycles. The van der Waals surface area contributed by atoms with E-state index in [0.29, 0.717) is 28.7 Å². The average Bonchev–Trinajstić information content (AvgIpc) is 3.22. The van der Waals surface area contributed by atoms with E-state index in [-0.39, 0.29) is 6.42 Å². The highest BCUT2D eigenvalue weighted by Crippen LogP contribution is 2.37. The molecule has 0 saturated heterocycles. The minimum absolute atomic E-state index is 0.273. The topological polar surface area (TPSA) is 78.9 Å². The zero-order chi connectivity index (χ0) is 22.9. The average molecular weight is 447 g/mol. The van der Waals surface area contributed by atoms with E-state index in [4.69, 9.17) is 5.11 Å². The van der Waals surface area contributed by atoms with Gasteiger partial charge in [-0.2, -0.15) is 0 Å². The fraction of sp³-hybridized carbons (Fsp3) is 0.269. The normalized spacial score (nSPS) is 18.5. The first-order chi connectivity index (χ1) is 16.0. The molecule has 0 spiro atoms. The number of nitrogens with zero attached hydrogens (tertiary/aromatic N) is 2. The van der Waals surface area contributed by atoms with Gasteiger partial charge in [-0.05, 0) is 55.2 Å². The van der Waals surface area contributed by atoms with Crippen LogP contribution in [0.3, 0.4) is 0 Å². The zero-order valence-electron chi connectivity index (χ0n) is 17.9. The highest BCUT2D eigenvalue weighted by atomic mass is 19.2. The van der Waals surface area contributed by atoms with Crippen LogP contribution in [0.1, 0.15) is 43.6 Å². The summed E-state index contributed by atoms with van der Waals surface area (Å²) in [6.45, 7) is 0. The van der Waals surface area contributed by atoms with E-state index in [1.807, 2.05) is 12.1 Å². The second-order valence-electron chi connectivity index (χ2n) is 8.74. The van der Waals surface area contributed by atoms with E-state index in [9.17, 15) is 13.6 Å². The molecule has 2 N–H and O–H groups in total. The number of imidazole rings is 1. The van der Waals surface area contributed by atoms with Gasteiger partial charge in [-0.15, -0.1) is 0 Å². The summed E-state index contributed by atoms with van der Waals surface area (Å²) in [5.74, 6) is -1.27. The molecule has 0 atom stereocenters. The lowest BCUT2D eigenvalue weighted by atomic mass is 9.77. The number of carboxylic acid groups (broad SMARTS) is 1. The summed E-state index contributed by atoms with van der Waals surface area (Å²) in [4.78, 5) is 22.8. The number of aliphatic carboxylic acids is 1. The molecule has 0 bridgehead atoms. The van der Waals surface area contributed by atoms with Gasteiger partial charge in [-0.3, -0.25) is 9.78 Å². The highest BCUT2D eigenvalue weighted by Gasteiger charge is 2.24. The molecule has 1 saturated carbocycles. The summed E-state index contributed by atoms with van der Waals surface area (Å²) in [6, 6.07) is 14.3. The highest BCUT2D eigenvalue weighted by molar-refractivity contribution is 5.79. The second kappa shape index (κ2) is 8.73. The van der Waals surface area contributed by atoms with Crippen molar-refractivity contribution in [2.75, 3.05) is 0 Å². The van der Waals surface area contributed by atoms with E-state index in [0.717, 1.165) is 54.6 Å². The summed E-state index contributed by atoms with van der Waals surface area (Å²) < 4.78 is 26.9. The quantitative estimate of drug-likeness (QED) is 0.375. The predicted molar refractivity (Wildman–Crippen MR) is 122 cm³/mol. The van der Waals surface area contributed by atoms with Crippen molar-refractivity contribution in [3.05, 3.63) is 71.9 Å². The molecule has 1 fully saturated rings. The molecule has 7 heteroatoms. The second-order valence-corrected chi connectivity index (χ2v) is 8.74. The van der Waals surface area contributed by atoms with Crippen LogP contribution in [0.4, 0.5) is 8.78 Å². The molecule has 2 aromatic carbocycles. The van der Waals surface area contributed by atoms with Crippen molar-refractivity contribution in [3.8, 4) is 22.6 Å². The van der Waals surface area contributed by atoms with Gasteiger partial charge in [0.25, 0.3) is 0 Å². The number of halogens is 2. The minimum atomic E-state index is -0.925. The van der Waals surface area contributed by atoms with Crippen molar-refractivity contribution < 1.29 is 18.7 Å². The number of aromatic amines is 1. The number of aromatic nitrogens is 3. The third-order valence-electron chi connectivity index (χ3n) is 6.55. The molecular formula is C26H23F2N3O2. The van der Waals surface area contributed by atoms with Gasteiger partial charge < -0.3 is 10.1 Å². The number of carboxylic acids is 1. The number of benzene rings is 2. The maximum absolute atomic E-state index is 13.5. The number of pyridine rings is 1. The molecule has 4 aromatic rings. The Morgan fingerprint density at radius 2 is 1.67 bits per heavy atom. The van der Waals surface area contributed by atoms with Crippen molar-refractivity contribution in [3.63, 3.8) is 0 Å². The van der Waals surface area contributed by atoms with E-state index < -0.39 is 17.6 Å². The predicted octanol–water partition coefficient (Wildman–Crippen LogP) is 6.32. The van der Waals surface area contributed by atoms with Gasteiger partial charge in [0.1, 0.15) is 5.82 Å². The Morgan fingerprint density at radius 1 is 0.970 bits per heavy atom. The molecule has 33 heavy (non-hydrogen) atoms. The van der Waals surface area contributed by atoms with Crippen molar-refractivity contribution in [2.24, 2.45) is 5.92 Å². The Morgan fingerprint density at radius 3 is 2.33 bits per heavy atom. The summed E-state index contributed by atoms with van der Waals surface area (Å²) in [6.07, 6.45) is 5.93. The maximum Gasteiger partial charge on any atom is 0.303 e. The van der Waals surface area contributed by atoms with Crippen LogP contribution in [0.5, 0.6) is 0 Å². The fourth-order valence-electron chi connectivity index (χ4n) is 4.72. The van der Waals surface area contributed by atoms with Gasteiger partial charge in [-0.25, -0.2) is 13.8 Å². The number of rotatable bonds is 5. The van der Waals surface area contributed by atoms with Gasteiger partial charge in [0.05, 0.1) is 16.7 Å². The van der Waals surface area contributed by atoms with Gasteiger partial charge in [0, 0.05) is 35.9 Å². The van der Waals surface area contributed by atoms with Crippen LogP contribution in [0.2, 0.25) is 0 Å². The summed E-state index contributed by atoms with van der Waals surface area (Å²) in [7, 11) is 0. The van der Waals surface area contributed by atoms with E-state index in [2.05, 4.69) is 39.2 Å². The van der Waals surface area contributed by atoms with Crippen LogP contribution in [0.25, 0.3) is 33.7 Å². The lowest BCUT2D eigenvalue weighted by Gasteiger charge is -2.28. The maximum atomic E-state index is 13.5. The monoisotopic (exact) mass is 447 g/mol. The number of H-pyrrole nitrogens is 1. The first-order valence-electron chi connectivity index (χ1n) is 11.1. The first kappa shape index (κ1) is 21.2. The molecule has 1 aliphatic rings. The smallest absolute Gasteiger partial charge is 0.303 e. The number of hydrogen-bond acceptors (Lipinski definition) is 3. The van der Waals surface area contributed by atoms with Crippen molar-refractivity contribution in [2.45, 2.75) is 38.0 Å². The molecule has 2 aromatic heterocycles. The first-order valence-corrected chi connectivity index (χ1v) is 11.1. The molecule has 5 rings (SSSR count). The van der Waals surface area contributed by atoms with Crippen LogP contribution in [0, 0.1) is 17.6 Å². The fourth-order valence-corrected chi connectivity index (χ4v) is 4.72. The molecule has 0 unspecified atom stereocenters. The standard InChI is InChI=1S/C26H23F2N3O2/c27-20-12-23-24(13-21(20)28)31-26(30-23)19-9-10-22(29-14-19)18-7-5-17(6-8-18)16-3-1-15(2-4-16)11-25(32)33/h5-10,12-16H,1-4,11H2,(H,30,31)(H,32,33). The lowest BCUT2D eigenvalue weighted by molar-refractivity contribution is -0.138. The summed E-state index contributed by atoms with van der Waals surface area (Å²) in [5, 5.41) is 8.98. The van der Waals surface area contributed by atoms with Crippen molar-refractivity contribution in [1.29, 1.82) is 0 Å². The summed E-state index contributed by atoms with van der Waals surface area (Å²) >= 11 is 0. The molecular weight excluding hydrogens is 424 g/mol. The third-order valence-corrected chi connectivity index (χ3v) is 6.55.